The molecule has 2 heterocycles. The first-order chi connectivity index (χ1) is 11.5. The second-order valence-corrected chi connectivity index (χ2v) is 7.91. The lowest BCUT2D eigenvalue weighted by Gasteiger charge is -2.30. The molecule has 5 heteroatoms. The number of thiophene rings is 1. The summed E-state index contributed by atoms with van der Waals surface area (Å²) in [5.74, 6) is -0.0973. The molecule has 2 N–H and O–H groups in total. The predicted octanol–water partition coefficient (Wildman–Crippen LogP) is 2.51. The molecule has 0 bridgehead atoms. The van der Waals surface area contributed by atoms with Crippen molar-refractivity contribution in [3.05, 3.63) is 56.8 Å². The third-order valence-electron chi connectivity index (χ3n) is 4.46. The van der Waals surface area contributed by atoms with Crippen LogP contribution in [0.25, 0.3) is 0 Å². The largest absolute Gasteiger partial charge is 0.390 e. The monoisotopic (exact) mass is 344 g/mol. The molecule has 0 aliphatic carbocycles. The molecule has 3 rings (SSSR count). The molecule has 0 fully saturated rings. The Balaban J connectivity index is 1.49. The summed E-state index contributed by atoms with van der Waals surface area (Å²) in [6.45, 7) is 6.63. The highest BCUT2D eigenvalue weighted by atomic mass is 32.1. The van der Waals surface area contributed by atoms with Gasteiger partial charge in [-0.05, 0) is 37.5 Å². The molecule has 0 saturated carbocycles. The number of aryl methyl sites for hydroxylation is 2. The van der Waals surface area contributed by atoms with Crippen molar-refractivity contribution in [1.82, 2.24) is 10.2 Å². The molecule has 1 aliphatic rings. The number of fused-ring (bicyclic) bond motifs is 1. The van der Waals surface area contributed by atoms with Crippen LogP contribution in [0, 0.1) is 13.8 Å². The number of hydrogen-bond donors (Lipinski definition) is 2. The van der Waals surface area contributed by atoms with Crippen molar-refractivity contribution in [2.24, 2.45) is 0 Å². The summed E-state index contributed by atoms with van der Waals surface area (Å²) in [7, 11) is 0. The molecule has 1 aliphatic heterocycles. The number of aliphatic hydroxyl groups is 1. The van der Waals surface area contributed by atoms with Crippen LogP contribution < -0.4 is 5.32 Å². The van der Waals surface area contributed by atoms with Gasteiger partial charge >= 0.3 is 0 Å². The van der Waals surface area contributed by atoms with Gasteiger partial charge in [-0.2, -0.15) is 0 Å². The van der Waals surface area contributed by atoms with Gasteiger partial charge in [0.15, 0.2) is 0 Å². The number of hydrogen-bond acceptors (Lipinski definition) is 4. The maximum Gasteiger partial charge on any atom is 0.252 e. The molecule has 1 atom stereocenters. The van der Waals surface area contributed by atoms with E-state index in [2.05, 4.69) is 34.5 Å². The highest BCUT2D eigenvalue weighted by molar-refractivity contribution is 7.12. The van der Waals surface area contributed by atoms with E-state index in [1.54, 1.807) is 11.3 Å². The Morgan fingerprint density at radius 1 is 1.33 bits per heavy atom. The number of amides is 1. The first-order valence-corrected chi connectivity index (χ1v) is 9.17. The van der Waals surface area contributed by atoms with Crippen molar-refractivity contribution < 1.29 is 9.90 Å². The molecule has 1 aromatic carbocycles. The van der Waals surface area contributed by atoms with Crippen molar-refractivity contribution in [1.29, 1.82) is 0 Å². The van der Waals surface area contributed by atoms with Crippen molar-refractivity contribution in [2.75, 3.05) is 19.6 Å². The topological polar surface area (TPSA) is 52.6 Å². The lowest BCUT2D eigenvalue weighted by atomic mass is 10.00. The number of carbonyl (C=O) groups excluding carboxylic acids is 1. The van der Waals surface area contributed by atoms with E-state index in [-0.39, 0.29) is 12.5 Å². The van der Waals surface area contributed by atoms with Gasteiger partial charge < -0.3 is 10.4 Å². The molecular formula is C19H24N2O2S. The average Bonchev–Trinajstić information content (AvgIpc) is 2.91. The first kappa shape index (κ1) is 17.1. The normalized spacial score (nSPS) is 15.8. The van der Waals surface area contributed by atoms with Crippen molar-refractivity contribution in [3.63, 3.8) is 0 Å². The summed E-state index contributed by atoms with van der Waals surface area (Å²) in [5, 5.41) is 13.1. The molecule has 1 unspecified atom stereocenters. The molecule has 1 amide bonds. The molecule has 0 spiro atoms. The summed E-state index contributed by atoms with van der Waals surface area (Å²) in [4.78, 5) is 16.6. The lowest BCUT2D eigenvalue weighted by Crippen LogP contribution is -2.42. The van der Waals surface area contributed by atoms with Gasteiger partial charge in [0.05, 0.1) is 11.7 Å². The van der Waals surface area contributed by atoms with Gasteiger partial charge in [0.25, 0.3) is 5.91 Å². The van der Waals surface area contributed by atoms with Crippen LogP contribution in [0.4, 0.5) is 0 Å². The highest BCUT2D eigenvalue weighted by Gasteiger charge is 2.19. The molecule has 4 nitrogen and oxygen atoms in total. The number of carbonyl (C=O) groups is 1. The quantitative estimate of drug-likeness (QED) is 0.876. The smallest absolute Gasteiger partial charge is 0.252 e. The van der Waals surface area contributed by atoms with E-state index in [1.165, 1.54) is 11.1 Å². The van der Waals surface area contributed by atoms with Crippen LogP contribution in [0.2, 0.25) is 0 Å². The van der Waals surface area contributed by atoms with Gasteiger partial charge in [-0.15, -0.1) is 11.3 Å². The van der Waals surface area contributed by atoms with E-state index in [0.29, 0.717) is 6.54 Å². The van der Waals surface area contributed by atoms with Crippen LogP contribution in [0.15, 0.2) is 30.3 Å². The Hall–Kier alpha value is -1.69. The standard InChI is InChI=1S/C19H24N2O2S/c1-13-9-18(14(2)24-13)19(23)20-10-17(22)12-21-8-7-15-5-3-4-6-16(15)11-21/h3-6,9,17,22H,7-8,10-12H2,1-2H3,(H,20,23). The number of β-amino-alcohol motifs (C(OH)–C–C–N with tert-alkyl or cyclic N) is 1. The van der Waals surface area contributed by atoms with Crippen molar-refractivity contribution in [2.45, 2.75) is 32.9 Å². The highest BCUT2D eigenvalue weighted by Crippen LogP contribution is 2.20. The van der Waals surface area contributed by atoms with Crippen LogP contribution in [-0.2, 0) is 13.0 Å². The zero-order valence-electron chi connectivity index (χ0n) is 14.2. The first-order valence-electron chi connectivity index (χ1n) is 8.35. The van der Waals surface area contributed by atoms with Gasteiger partial charge in [0, 0.05) is 35.9 Å². The van der Waals surface area contributed by atoms with Crippen LogP contribution >= 0.6 is 11.3 Å². The van der Waals surface area contributed by atoms with E-state index in [0.717, 1.165) is 34.8 Å². The summed E-state index contributed by atoms with van der Waals surface area (Å²) >= 11 is 1.62. The van der Waals surface area contributed by atoms with Crippen LogP contribution in [0.3, 0.4) is 0 Å². The number of benzene rings is 1. The van der Waals surface area contributed by atoms with E-state index >= 15 is 0 Å². The molecule has 1 aromatic heterocycles. The maximum atomic E-state index is 12.2. The van der Waals surface area contributed by atoms with E-state index in [4.69, 9.17) is 0 Å². The molecule has 0 radical (unpaired) electrons. The molecular weight excluding hydrogens is 320 g/mol. The van der Waals surface area contributed by atoms with Gasteiger partial charge in [-0.25, -0.2) is 0 Å². The zero-order chi connectivity index (χ0) is 17.1. The van der Waals surface area contributed by atoms with Gasteiger partial charge in [-0.1, -0.05) is 24.3 Å². The summed E-state index contributed by atoms with van der Waals surface area (Å²) < 4.78 is 0. The fraction of sp³-hybridized carbons (Fsp3) is 0.421. The second kappa shape index (κ2) is 7.47. The molecule has 0 saturated heterocycles. The van der Waals surface area contributed by atoms with Crippen LogP contribution in [-0.4, -0.2) is 41.7 Å². The molecule has 128 valence electrons. The van der Waals surface area contributed by atoms with E-state index in [9.17, 15) is 9.90 Å². The van der Waals surface area contributed by atoms with Crippen molar-refractivity contribution in [3.8, 4) is 0 Å². The van der Waals surface area contributed by atoms with Crippen molar-refractivity contribution >= 4 is 17.2 Å². The lowest BCUT2D eigenvalue weighted by molar-refractivity contribution is 0.0841. The van der Waals surface area contributed by atoms with Crippen LogP contribution in [0.5, 0.6) is 0 Å². The van der Waals surface area contributed by atoms with E-state index < -0.39 is 6.10 Å². The Morgan fingerprint density at radius 2 is 2.08 bits per heavy atom. The predicted molar refractivity (Wildman–Crippen MR) is 97.6 cm³/mol. The summed E-state index contributed by atoms with van der Waals surface area (Å²) in [5.41, 5.74) is 3.46. The fourth-order valence-electron chi connectivity index (χ4n) is 3.23. The summed E-state index contributed by atoms with van der Waals surface area (Å²) in [6, 6.07) is 10.4. The Morgan fingerprint density at radius 3 is 2.79 bits per heavy atom. The Bertz CT molecular complexity index is 726. The van der Waals surface area contributed by atoms with E-state index in [1.807, 2.05) is 19.9 Å². The average molecular weight is 344 g/mol. The number of aliphatic hydroxyl groups excluding tert-OH is 1. The SMILES string of the molecule is Cc1cc(C(=O)NCC(O)CN2CCc3ccccc3C2)c(C)s1. The Labute approximate surface area is 147 Å². The third kappa shape index (κ3) is 4.04. The van der Waals surface area contributed by atoms with Gasteiger partial charge in [0.1, 0.15) is 0 Å². The Kier molecular flexibility index (Phi) is 5.33. The molecule has 2 aromatic rings. The number of nitrogens with zero attached hydrogens (tertiary/aromatic N) is 1. The van der Waals surface area contributed by atoms with Crippen LogP contribution in [0.1, 0.15) is 31.2 Å². The minimum Gasteiger partial charge on any atom is -0.390 e. The maximum absolute atomic E-state index is 12.2. The third-order valence-corrected chi connectivity index (χ3v) is 5.43. The fourth-order valence-corrected chi connectivity index (χ4v) is 4.16. The minimum absolute atomic E-state index is 0.0973. The zero-order valence-corrected chi connectivity index (χ0v) is 15.0. The minimum atomic E-state index is -0.556. The second-order valence-electron chi connectivity index (χ2n) is 6.44. The molecule has 24 heavy (non-hydrogen) atoms. The number of nitrogens with one attached hydrogen (secondary N) is 1. The van der Waals surface area contributed by atoms with Gasteiger partial charge in [0.2, 0.25) is 0 Å². The van der Waals surface area contributed by atoms with Gasteiger partial charge in [-0.3, -0.25) is 9.69 Å². The summed E-state index contributed by atoms with van der Waals surface area (Å²) in [6.07, 6.45) is 0.460. The number of rotatable bonds is 5.